The Morgan fingerprint density at radius 2 is 1.71 bits per heavy atom. The smallest absolute Gasteiger partial charge is 0.229 e. The second-order valence-corrected chi connectivity index (χ2v) is 6.88. The van der Waals surface area contributed by atoms with E-state index in [9.17, 15) is 24.9 Å². The van der Waals surface area contributed by atoms with Crippen LogP contribution in [-0.2, 0) is 9.47 Å². The highest BCUT2D eigenvalue weighted by atomic mass is 32.2. The van der Waals surface area contributed by atoms with Crippen molar-refractivity contribution >= 4 is 23.3 Å². The van der Waals surface area contributed by atoms with Gasteiger partial charge in [0.05, 0.1) is 6.61 Å². The van der Waals surface area contributed by atoms with Crippen LogP contribution in [0.5, 0.6) is 0 Å². The van der Waals surface area contributed by atoms with Gasteiger partial charge in [-0.05, 0) is 0 Å². The summed E-state index contributed by atoms with van der Waals surface area (Å²) in [6.07, 6.45) is -4.68. The van der Waals surface area contributed by atoms with Gasteiger partial charge in [0.25, 0.3) is 0 Å². The van der Waals surface area contributed by atoms with Gasteiger partial charge in [0.2, 0.25) is 11.6 Å². The van der Waals surface area contributed by atoms with Crippen LogP contribution >= 0.6 is 11.8 Å². The Morgan fingerprint density at radius 3 is 2.38 bits per heavy atom. The van der Waals surface area contributed by atoms with E-state index in [1.807, 2.05) is 0 Å². The molecule has 0 unspecified atom stereocenters. The molecule has 126 valence electrons. The number of ether oxygens (including phenoxy) is 2. The molecule has 8 heteroatoms. The van der Waals surface area contributed by atoms with Crippen LogP contribution in [0.3, 0.4) is 0 Å². The molecule has 3 aliphatic rings. The van der Waals surface area contributed by atoms with Crippen molar-refractivity contribution in [3.05, 3.63) is 46.1 Å². The first-order valence-corrected chi connectivity index (χ1v) is 8.29. The SMILES string of the molecule is O=C1C2=C(S[C@@H]3O[C@@H](CO)[C@H](O)[C@@H](O)[C@H]3O2)C(=O)c2ccccc21. The number of aliphatic hydroxyl groups is 3. The Morgan fingerprint density at radius 1 is 1.04 bits per heavy atom. The highest BCUT2D eigenvalue weighted by Gasteiger charge is 2.51. The van der Waals surface area contributed by atoms with Crippen LogP contribution in [0.25, 0.3) is 0 Å². The monoisotopic (exact) mass is 350 g/mol. The molecule has 1 aromatic rings. The lowest BCUT2D eigenvalue weighted by Crippen LogP contribution is -2.59. The van der Waals surface area contributed by atoms with Crippen molar-refractivity contribution in [1.29, 1.82) is 0 Å². The fourth-order valence-corrected chi connectivity index (χ4v) is 4.32. The molecule has 1 aromatic carbocycles. The first kappa shape index (κ1) is 15.8. The summed E-state index contributed by atoms with van der Waals surface area (Å²) in [5.41, 5.74) is -0.257. The number of benzene rings is 1. The number of carbonyl (C=O) groups is 2. The first-order valence-electron chi connectivity index (χ1n) is 7.41. The number of Topliss-reactive ketones (excluding diaryl/α,β-unsaturated/α-hetero) is 2. The number of ketones is 2. The van der Waals surface area contributed by atoms with E-state index in [-0.39, 0.29) is 22.0 Å². The zero-order valence-electron chi connectivity index (χ0n) is 12.3. The summed E-state index contributed by atoms with van der Waals surface area (Å²) in [5, 5.41) is 29.4. The van der Waals surface area contributed by atoms with E-state index in [1.54, 1.807) is 24.3 Å². The van der Waals surface area contributed by atoms with Gasteiger partial charge in [-0.3, -0.25) is 9.59 Å². The quantitative estimate of drug-likeness (QED) is 0.641. The lowest BCUT2D eigenvalue weighted by molar-refractivity contribution is -0.210. The van der Waals surface area contributed by atoms with Gasteiger partial charge in [-0.15, -0.1) is 0 Å². The van der Waals surface area contributed by atoms with Gasteiger partial charge in [-0.2, -0.15) is 0 Å². The van der Waals surface area contributed by atoms with Gasteiger partial charge in [0.1, 0.15) is 28.7 Å². The van der Waals surface area contributed by atoms with Crippen LogP contribution in [-0.4, -0.2) is 63.3 Å². The van der Waals surface area contributed by atoms with Crippen molar-refractivity contribution < 1.29 is 34.4 Å². The third kappa shape index (κ3) is 2.15. The first-order chi connectivity index (χ1) is 11.5. The molecule has 4 rings (SSSR count). The summed E-state index contributed by atoms with van der Waals surface area (Å²) in [6, 6.07) is 6.45. The maximum Gasteiger partial charge on any atom is 0.229 e. The summed E-state index contributed by atoms with van der Waals surface area (Å²) in [6.45, 7) is -0.483. The average Bonchev–Trinajstić information content (AvgIpc) is 2.61. The van der Waals surface area contributed by atoms with Crippen molar-refractivity contribution in [2.24, 2.45) is 0 Å². The van der Waals surface area contributed by atoms with Crippen LogP contribution in [0.15, 0.2) is 34.9 Å². The van der Waals surface area contributed by atoms with Gasteiger partial charge >= 0.3 is 0 Å². The second kappa shape index (κ2) is 5.68. The van der Waals surface area contributed by atoms with E-state index in [2.05, 4.69) is 0 Å². The van der Waals surface area contributed by atoms with E-state index in [4.69, 9.17) is 9.47 Å². The van der Waals surface area contributed by atoms with Crippen LogP contribution in [0.1, 0.15) is 20.7 Å². The normalized spacial score (nSPS) is 35.0. The minimum atomic E-state index is -1.35. The minimum Gasteiger partial charge on any atom is -0.478 e. The topological polar surface area (TPSA) is 113 Å². The van der Waals surface area contributed by atoms with E-state index in [1.165, 1.54) is 0 Å². The number of carbonyl (C=O) groups excluding carboxylic acids is 2. The van der Waals surface area contributed by atoms with Crippen LogP contribution in [0.4, 0.5) is 0 Å². The number of thioether (sulfide) groups is 1. The molecule has 2 aliphatic heterocycles. The number of hydrogen-bond donors (Lipinski definition) is 3. The Balaban J connectivity index is 1.73. The highest BCUT2D eigenvalue weighted by molar-refractivity contribution is 8.04. The van der Waals surface area contributed by atoms with E-state index >= 15 is 0 Å². The average molecular weight is 350 g/mol. The lowest BCUT2D eigenvalue weighted by Gasteiger charge is -2.44. The zero-order chi connectivity index (χ0) is 17.0. The van der Waals surface area contributed by atoms with Crippen LogP contribution in [0, 0.1) is 0 Å². The van der Waals surface area contributed by atoms with Gasteiger partial charge in [0, 0.05) is 11.1 Å². The number of fused-ring (bicyclic) bond motifs is 2. The number of aliphatic hydroxyl groups excluding tert-OH is 3. The summed E-state index contributed by atoms with van der Waals surface area (Å²) >= 11 is 0.980. The molecule has 2 heterocycles. The molecule has 0 aromatic heterocycles. The van der Waals surface area contributed by atoms with Crippen molar-refractivity contribution in [3.8, 4) is 0 Å². The van der Waals surface area contributed by atoms with Crippen molar-refractivity contribution in [3.63, 3.8) is 0 Å². The highest BCUT2D eigenvalue weighted by Crippen LogP contribution is 2.45. The molecule has 1 fully saturated rings. The van der Waals surface area contributed by atoms with Crippen molar-refractivity contribution in [2.45, 2.75) is 29.9 Å². The molecule has 1 saturated heterocycles. The molecule has 0 bridgehead atoms. The Hall–Kier alpha value is -1.71. The van der Waals surface area contributed by atoms with Gasteiger partial charge < -0.3 is 24.8 Å². The third-order valence-electron chi connectivity index (χ3n) is 4.35. The number of hydrogen-bond acceptors (Lipinski definition) is 8. The van der Waals surface area contributed by atoms with Crippen LogP contribution in [0.2, 0.25) is 0 Å². The molecule has 5 atom stereocenters. The fraction of sp³-hybridized carbons (Fsp3) is 0.375. The molecular formula is C16H14O7S. The molecule has 7 nitrogen and oxygen atoms in total. The van der Waals surface area contributed by atoms with Gasteiger partial charge in [0.15, 0.2) is 11.9 Å². The number of allylic oxidation sites excluding steroid dienone is 2. The van der Waals surface area contributed by atoms with Crippen molar-refractivity contribution in [2.75, 3.05) is 6.61 Å². The van der Waals surface area contributed by atoms with Gasteiger partial charge in [-0.25, -0.2) is 0 Å². The van der Waals surface area contributed by atoms with Crippen molar-refractivity contribution in [1.82, 2.24) is 0 Å². The standard InChI is InChI=1S/C16H14O7S/c17-5-8-11(20)12(21)14-16(22-8)24-15-10(19)7-4-2-1-3-6(7)9(18)13(15)23-14/h1-4,8,11-12,14,16-17,20-21H,5H2/t8-,11-,12+,14+,16-/m0/s1. The third-order valence-corrected chi connectivity index (χ3v) is 5.57. The predicted molar refractivity (Wildman–Crippen MR) is 82.4 cm³/mol. The lowest BCUT2D eigenvalue weighted by atomic mass is 9.93. The summed E-state index contributed by atoms with van der Waals surface area (Å²) < 4.78 is 11.1. The van der Waals surface area contributed by atoms with E-state index in [0.29, 0.717) is 5.56 Å². The summed E-state index contributed by atoms with van der Waals surface area (Å²) in [4.78, 5) is 25.4. The van der Waals surface area contributed by atoms with Crippen LogP contribution < -0.4 is 0 Å². The maximum absolute atomic E-state index is 12.6. The molecule has 0 spiro atoms. The van der Waals surface area contributed by atoms with E-state index < -0.39 is 42.2 Å². The number of rotatable bonds is 1. The fourth-order valence-electron chi connectivity index (χ4n) is 3.07. The molecule has 3 N–H and O–H groups in total. The second-order valence-electron chi connectivity index (χ2n) is 5.77. The van der Waals surface area contributed by atoms with E-state index in [0.717, 1.165) is 11.8 Å². The molecule has 1 aliphatic carbocycles. The molecule has 0 radical (unpaired) electrons. The Labute approximate surface area is 140 Å². The Kier molecular flexibility index (Phi) is 3.74. The maximum atomic E-state index is 12.6. The summed E-state index contributed by atoms with van der Waals surface area (Å²) in [5.74, 6) is -0.896. The molecule has 0 amide bonds. The summed E-state index contributed by atoms with van der Waals surface area (Å²) in [7, 11) is 0. The molecule has 0 saturated carbocycles. The minimum absolute atomic E-state index is 0.123. The Bertz CT molecular complexity index is 759. The predicted octanol–water partition coefficient (Wildman–Crippen LogP) is -0.152. The largest absolute Gasteiger partial charge is 0.478 e. The molecule has 24 heavy (non-hydrogen) atoms. The molecular weight excluding hydrogens is 336 g/mol. The van der Waals surface area contributed by atoms with Gasteiger partial charge in [-0.1, -0.05) is 36.0 Å². The zero-order valence-corrected chi connectivity index (χ0v) is 13.1.